The van der Waals surface area contributed by atoms with Gasteiger partial charge >= 0.3 is 0 Å². The third kappa shape index (κ3) is 8.08. The molecule has 1 rings (SSSR count). The van der Waals surface area contributed by atoms with Crippen molar-refractivity contribution in [2.75, 3.05) is 0 Å². The zero-order chi connectivity index (χ0) is 17.8. The molecule has 0 fully saturated rings. The molecule has 0 atom stereocenters. The normalized spacial score (nSPS) is 12.1. The minimum absolute atomic E-state index is 0.207. The van der Waals surface area contributed by atoms with Gasteiger partial charge in [-0.15, -0.1) is 0 Å². The minimum atomic E-state index is -3.71. The molecule has 0 saturated heterocycles. The molecule has 4 nitrogen and oxygen atoms in total. The topological polar surface area (TPSA) is 69.4 Å². The Morgan fingerprint density at radius 2 is 1.75 bits per heavy atom. The van der Waals surface area contributed by atoms with E-state index in [0.29, 0.717) is 5.56 Å². The first-order valence-corrected chi connectivity index (χ1v) is 10.5. The van der Waals surface area contributed by atoms with E-state index in [9.17, 15) is 8.42 Å². The molecule has 0 aliphatic rings. The van der Waals surface area contributed by atoms with Crippen LogP contribution in [0.1, 0.15) is 75.5 Å². The Balaban J connectivity index is 2.59. The van der Waals surface area contributed by atoms with Gasteiger partial charge in [0.25, 0.3) is 10.1 Å². The largest absolute Gasteiger partial charge is 0.287 e. The second-order valence-corrected chi connectivity index (χ2v) is 7.80. The number of nitrogens with two attached hydrogens (primary N) is 1. The van der Waals surface area contributed by atoms with Gasteiger partial charge in [0, 0.05) is 0 Å². The van der Waals surface area contributed by atoms with Crippen molar-refractivity contribution in [2.24, 2.45) is 5.90 Å². The molecular formula is C19H31NO3S. The van der Waals surface area contributed by atoms with Crippen molar-refractivity contribution in [1.82, 2.24) is 0 Å². The average Bonchev–Trinajstić information content (AvgIpc) is 2.56. The fraction of sp³-hybridized carbons (Fsp3) is 0.579. The zero-order valence-electron chi connectivity index (χ0n) is 15.0. The maximum absolute atomic E-state index is 11.6. The maximum atomic E-state index is 11.6. The first kappa shape index (κ1) is 20.9. The molecule has 0 unspecified atom stereocenters. The van der Waals surface area contributed by atoms with Crippen molar-refractivity contribution in [3.05, 3.63) is 41.0 Å². The molecule has 1 aromatic carbocycles. The van der Waals surface area contributed by atoms with Crippen LogP contribution in [0.3, 0.4) is 0 Å². The zero-order valence-corrected chi connectivity index (χ0v) is 15.8. The lowest BCUT2D eigenvalue weighted by Crippen LogP contribution is -2.13. The molecule has 0 heterocycles. The van der Waals surface area contributed by atoms with E-state index in [1.165, 1.54) is 50.5 Å². The van der Waals surface area contributed by atoms with Crippen LogP contribution in [0.25, 0.3) is 6.08 Å². The number of aryl methyl sites for hydroxylation is 1. The second kappa shape index (κ2) is 11.4. The minimum Gasteiger partial charge on any atom is -0.198 e. The molecule has 24 heavy (non-hydrogen) atoms. The van der Waals surface area contributed by atoms with Crippen molar-refractivity contribution in [1.29, 1.82) is 0 Å². The summed E-state index contributed by atoms with van der Waals surface area (Å²) in [6, 6.07) is 5.94. The quantitative estimate of drug-likeness (QED) is 0.435. The summed E-state index contributed by atoms with van der Waals surface area (Å²) >= 11 is 0. The number of unbranched alkanes of at least 4 members (excludes halogenated alkanes) is 6. The molecule has 0 bridgehead atoms. The number of benzene rings is 1. The van der Waals surface area contributed by atoms with Crippen molar-refractivity contribution in [3.63, 3.8) is 0 Å². The summed E-state index contributed by atoms with van der Waals surface area (Å²) in [5.41, 5.74) is 2.87. The standard InChI is InChI=1S/C19H31NO3S/c1-3-5-6-7-8-9-10-12-17-13-14-19(16-24(21,22)23-20)18(15-17)11-4-2/h4,11,13-15H,3,5-10,12,16,20H2,1-2H3. The van der Waals surface area contributed by atoms with Gasteiger partial charge in [0.05, 0.1) is 0 Å². The van der Waals surface area contributed by atoms with Gasteiger partial charge < -0.3 is 0 Å². The molecule has 0 aliphatic heterocycles. The van der Waals surface area contributed by atoms with Crippen LogP contribution in [-0.2, 0) is 26.6 Å². The summed E-state index contributed by atoms with van der Waals surface area (Å²) < 4.78 is 27.2. The summed E-state index contributed by atoms with van der Waals surface area (Å²) in [5, 5.41) is 0. The van der Waals surface area contributed by atoms with Crippen LogP contribution >= 0.6 is 0 Å². The van der Waals surface area contributed by atoms with Crippen LogP contribution < -0.4 is 5.90 Å². The van der Waals surface area contributed by atoms with Crippen LogP contribution in [0.4, 0.5) is 0 Å². The van der Waals surface area contributed by atoms with Crippen LogP contribution in [-0.4, -0.2) is 8.42 Å². The highest BCUT2D eigenvalue weighted by Gasteiger charge is 2.13. The van der Waals surface area contributed by atoms with E-state index in [2.05, 4.69) is 17.3 Å². The summed E-state index contributed by atoms with van der Waals surface area (Å²) in [4.78, 5) is 0. The number of hydrogen-bond acceptors (Lipinski definition) is 4. The SMILES string of the molecule is CC=Cc1cc(CCCCCCCCC)ccc1CS(=O)(=O)ON. The van der Waals surface area contributed by atoms with Crippen LogP contribution in [0, 0.1) is 0 Å². The predicted octanol–water partition coefficient (Wildman–Crippen LogP) is 4.73. The molecule has 2 N–H and O–H groups in total. The second-order valence-electron chi connectivity index (χ2n) is 6.20. The van der Waals surface area contributed by atoms with E-state index < -0.39 is 10.1 Å². The van der Waals surface area contributed by atoms with Crippen LogP contribution in [0.2, 0.25) is 0 Å². The van der Waals surface area contributed by atoms with Crippen LogP contribution in [0.15, 0.2) is 24.3 Å². The molecule has 0 saturated carbocycles. The fourth-order valence-corrected chi connectivity index (χ4v) is 3.49. The highest BCUT2D eigenvalue weighted by molar-refractivity contribution is 7.85. The predicted molar refractivity (Wildman–Crippen MR) is 101 cm³/mol. The fourth-order valence-electron chi connectivity index (χ4n) is 2.78. The summed E-state index contributed by atoms with van der Waals surface area (Å²) in [6.07, 6.45) is 13.9. The van der Waals surface area contributed by atoms with E-state index in [0.717, 1.165) is 12.0 Å². The third-order valence-electron chi connectivity index (χ3n) is 4.10. The summed E-state index contributed by atoms with van der Waals surface area (Å²) in [7, 11) is -3.71. The lowest BCUT2D eigenvalue weighted by Gasteiger charge is -2.09. The van der Waals surface area contributed by atoms with Gasteiger partial charge in [-0.25, -0.2) is 0 Å². The van der Waals surface area contributed by atoms with Crippen molar-refractivity contribution >= 4 is 16.2 Å². The Kier molecular flexibility index (Phi) is 9.91. The van der Waals surface area contributed by atoms with E-state index in [1.54, 1.807) is 0 Å². The molecule has 0 aromatic heterocycles. The van der Waals surface area contributed by atoms with E-state index in [1.807, 2.05) is 31.2 Å². The smallest absolute Gasteiger partial charge is 0.198 e. The lowest BCUT2D eigenvalue weighted by atomic mass is 10.00. The Labute approximate surface area is 147 Å². The highest BCUT2D eigenvalue weighted by Crippen LogP contribution is 2.19. The van der Waals surface area contributed by atoms with Crippen molar-refractivity contribution in [3.8, 4) is 0 Å². The van der Waals surface area contributed by atoms with Gasteiger partial charge in [0.15, 0.2) is 0 Å². The van der Waals surface area contributed by atoms with Gasteiger partial charge in [-0.1, -0.05) is 75.8 Å². The Bertz CT molecular complexity index is 609. The van der Waals surface area contributed by atoms with Gasteiger partial charge in [-0.2, -0.15) is 18.6 Å². The number of rotatable bonds is 12. The molecule has 0 radical (unpaired) electrons. The van der Waals surface area contributed by atoms with E-state index >= 15 is 0 Å². The monoisotopic (exact) mass is 353 g/mol. The highest BCUT2D eigenvalue weighted by atomic mass is 32.2. The summed E-state index contributed by atoms with van der Waals surface area (Å²) in [5.74, 6) is 4.62. The van der Waals surface area contributed by atoms with Gasteiger partial charge in [-0.3, -0.25) is 0 Å². The molecule has 5 heteroatoms. The van der Waals surface area contributed by atoms with Gasteiger partial charge in [0.2, 0.25) is 0 Å². The number of hydrogen-bond donors (Lipinski definition) is 1. The Morgan fingerprint density at radius 1 is 1.08 bits per heavy atom. The molecule has 0 amide bonds. The maximum Gasteiger partial charge on any atom is 0.287 e. The third-order valence-corrected chi connectivity index (χ3v) is 5.06. The van der Waals surface area contributed by atoms with Gasteiger partial charge in [-0.05, 0) is 36.5 Å². The van der Waals surface area contributed by atoms with E-state index in [-0.39, 0.29) is 5.75 Å². The molecule has 136 valence electrons. The van der Waals surface area contributed by atoms with E-state index in [4.69, 9.17) is 5.90 Å². The molecule has 0 aliphatic carbocycles. The first-order chi connectivity index (χ1) is 11.5. The number of allylic oxidation sites excluding steroid dienone is 1. The first-order valence-electron chi connectivity index (χ1n) is 8.88. The Morgan fingerprint density at radius 3 is 2.38 bits per heavy atom. The molecule has 1 aromatic rings. The lowest BCUT2D eigenvalue weighted by molar-refractivity contribution is 0.332. The Hall–Kier alpha value is -1.17. The summed E-state index contributed by atoms with van der Waals surface area (Å²) in [6.45, 7) is 4.15. The van der Waals surface area contributed by atoms with Crippen LogP contribution in [0.5, 0.6) is 0 Å². The van der Waals surface area contributed by atoms with Gasteiger partial charge in [0.1, 0.15) is 5.75 Å². The molecular weight excluding hydrogens is 322 g/mol. The van der Waals surface area contributed by atoms with Crippen molar-refractivity contribution in [2.45, 2.75) is 71.0 Å². The van der Waals surface area contributed by atoms with Crippen molar-refractivity contribution < 1.29 is 12.7 Å². The molecule has 0 spiro atoms. The average molecular weight is 354 g/mol.